The first-order valence-electron chi connectivity index (χ1n) is 5.15. The lowest BCUT2D eigenvalue weighted by atomic mass is 9.70. The van der Waals surface area contributed by atoms with E-state index in [4.69, 9.17) is 5.73 Å². The smallest absolute Gasteiger partial charge is 0.123 e. The molecule has 0 spiro atoms. The minimum Gasteiger partial charge on any atom is -0.391 e. The van der Waals surface area contributed by atoms with E-state index in [1.165, 1.54) is 12.1 Å². The number of aliphatic hydroxyl groups excluding tert-OH is 1. The molecule has 0 heterocycles. The number of nitrogens with two attached hydrogens (primary N) is 1. The molecule has 0 amide bonds. The maximum Gasteiger partial charge on any atom is 0.123 e. The van der Waals surface area contributed by atoms with E-state index in [9.17, 15) is 9.50 Å². The Hall–Kier alpha value is -0.930. The minimum atomic E-state index is -0.589. The maximum atomic E-state index is 13.1. The van der Waals surface area contributed by atoms with E-state index in [-0.39, 0.29) is 11.2 Å². The Bertz CT molecular complexity index is 389. The van der Waals surface area contributed by atoms with Crippen LogP contribution in [0.4, 0.5) is 4.39 Å². The van der Waals surface area contributed by atoms with Crippen LogP contribution in [0.3, 0.4) is 0 Å². The minimum absolute atomic E-state index is 0.141. The zero-order chi connectivity index (χ0) is 11.2. The Balaban J connectivity index is 2.59. The molecule has 1 aliphatic carbocycles. The van der Waals surface area contributed by atoms with E-state index in [1.54, 1.807) is 6.07 Å². The van der Waals surface area contributed by atoms with Crippen molar-refractivity contribution >= 4 is 0 Å². The third kappa shape index (κ3) is 1.66. The summed E-state index contributed by atoms with van der Waals surface area (Å²) in [5.74, 6) is -0.297. The number of aliphatic hydroxyl groups is 1. The van der Waals surface area contributed by atoms with Crippen LogP contribution in [-0.4, -0.2) is 11.2 Å². The molecule has 2 nitrogen and oxygen atoms in total. The van der Waals surface area contributed by atoms with Gasteiger partial charge in [0.2, 0.25) is 0 Å². The number of benzene rings is 1. The van der Waals surface area contributed by atoms with Gasteiger partial charge in [-0.05, 0) is 35.1 Å². The summed E-state index contributed by atoms with van der Waals surface area (Å²) in [5, 5.41) is 9.80. The Morgan fingerprint density at radius 2 is 2.13 bits per heavy atom. The van der Waals surface area contributed by atoms with Crippen molar-refractivity contribution in [1.82, 2.24) is 0 Å². The lowest BCUT2D eigenvalue weighted by Gasteiger charge is -2.38. The van der Waals surface area contributed by atoms with Crippen LogP contribution in [0.25, 0.3) is 0 Å². The molecule has 3 N–H and O–H groups in total. The van der Waals surface area contributed by atoms with Gasteiger partial charge >= 0.3 is 0 Å². The Kier molecular flexibility index (Phi) is 2.32. The van der Waals surface area contributed by atoms with Crippen molar-refractivity contribution < 1.29 is 9.50 Å². The molecule has 0 unspecified atom stereocenters. The molecule has 3 heteroatoms. The number of fused-ring (bicyclic) bond motifs is 1. The summed E-state index contributed by atoms with van der Waals surface area (Å²) in [6.07, 6.45) is 0.0292. The van der Waals surface area contributed by atoms with Crippen LogP contribution in [0.15, 0.2) is 18.2 Å². The van der Waals surface area contributed by atoms with E-state index < -0.39 is 12.1 Å². The van der Waals surface area contributed by atoms with Crippen molar-refractivity contribution in [1.29, 1.82) is 0 Å². The standard InChI is InChI=1S/C12H16FNO/c1-12(2)6-10(15)11(14)8-5-7(13)3-4-9(8)12/h3-5,10-11,15H,6,14H2,1-2H3/t10-,11-/m1/s1. The number of halogens is 1. The molecule has 0 fully saturated rings. The Morgan fingerprint density at radius 3 is 2.80 bits per heavy atom. The molecule has 2 rings (SSSR count). The second-order valence-corrected chi connectivity index (χ2v) is 4.91. The molecule has 2 atom stereocenters. The topological polar surface area (TPSA) is 46.2 Å². The van der Waals surface area contributed by atoms with Gasteiger partial charge in [-0.15, -0.1) is 0 Å². The Morgan fingerprint density at radius 1 is 1.47 bits per heavy atom. The summed E-state index contributed by atoms with van der Waals surface area (Å²) in [5.41, 5.74) is 7.50. The second kappa shape index (κ2) is 3.29. The fourth-order valence-electron chi connectivity index (χ4n) is 2.39. The molecule has 15 heavy (non-hydrogen) atoms. The van der Waals surface area contributed by atoms with Crippen molar-refractivity contribution in [3.8, 4) is 0 Å². The zero-order valence-electron chi connectivity index (χ0n) is 9.00. The van der Waals surface area contributed by atoms with E-state index in [0.717, 1.165) is 11.1 Å². The SMILES string of the molecule is CC1(C)C[C@@H](O)[C@H](N)c2cc(F)ccc21. The monoisotopic (exact) mass is 209 g/mol. The molecular weight excluding hydrogens is 193 g/mol. The third-order valence-electron chi connectivity index (χ3n) is 3.24. The van der Waals surface area contributed by atoms with Crippen LogP contribution < -0.4 is 5.73 Å². The van der Waals surface area contributed by atoms with Gasteiger partial charge in [-0.1, -0.05) is 19.9 Å². The first kappa shape index (κ1) is 10.6. The fourth-order valence-corrected chi connectivity index (χ4v) is 2.39. The molecule has 1 aliphatic rings. The van der Waals surface area contributed by atoms with E-state index in [2.05, 4.69) is 0 Å². The molecule has 0 bridgehead atoms. The Labute approximate surface area is 88.9 Å². The van der Waals surface area contributed by atoms with Gasteiger partial charge in [-0.25, -0.2) is 4.39 Å². The van der Waals surface area contributed by atoms with Gasteiger partial charge in [0.15, 0.2) is 0 Å². The quantitative estimate of drug-likeness (QED) is 0.685. The van der Waals surface area contributed by atoms with Gasteiger partial charge < -0.3 is 10.8 Å². The molecular formula is C12H16FNO. The van der Waals surface area contributed by atoms with E-state index in [1.807, 2.05) is 13.8 Å². The predicted molar refractivity (Wildman–Crippen MR) is 57.0 cm³/mol. The predicted octanol–water partition coefficient (Wildman–Crippen LogP) is 1.87. The lowest BCUT2D eigenvalue weighted by Crippen LogP contribution is -2.39. The molecule has 0 aromatic heterocycles. The first-order chi connectivity index (χ1) is 6.92. The average molecular weight is 209 g/mol. The molecule has 82 valence electrons. The van der Waals surface area contributed by atoms with Crippen molar-refractivity contribution in [2.24, 2.45) is 5.73 Å². The maximum absolute atomic E-state index is 13.1. The normalized spacial score (nSPS) is 28.6. The molecule has 0 radical (unpaired) electrons. The molecule has 1 aromatic carbocycles. The summed E-state index contributed by atoms with van der Waals surface area (Å²) in [4.78, 5) is 0. The van der Waals surface area contributed by atoms with E-state index in [0.29, 0.717) is 6.42 Å². The highest BCUT2D eigenvalue weighted by Gasteiger charge is 2.36. The first-order valence-corrected chi connectivity index (χ1v) is 5.15. The van der Waals surface area contributed by atoms with Crippen molar-refractivity contribution in [3.05, 3.63) is 35.1 Å². The van der Waals surface area contributed by atoms with Crippen LogP contribution in [0.5, 0.6) is 0 Å². The highest BCUT2D eigenvalue weighted by atomic mass is 19.1. The van der Waals surface area contributed by atoms with Crippen LogP contribution in [0, 0.1) is 5.82 Å². The van der Waals surface area contributed by atoms with Gasteiger partial charge in [-0.3, -0.25) is 0 Å². The highest BCUT2D eigenvalue weighted by Crippen LogP contribution is 2.40. The number of hydrogen-bond acceptors (Lipinski definition) is 2. The third-order valence-corrected chi connectivity index (χ3v) is 3.24. The fraction of sp³-hybridized carbons (Fsp3) is 0.500. The summed E-state index contributed by atoms with van der Waals surface area (Å²) >= 11 is 0. The summed E-state index contributed by atoms with van der Waals surface area (Å²) in [7, 11) is 0. The summed E-state index contributed by atoms with van der Waals surface area (Å²) in [6, 6.07) is 4.19. The van der Waals surface area contributed by atoms with Gasteiger partial charge in [0, 0.05) is 0 Å². The molecule has 0 saturated carbocycles. The van der Waals surface area contributed by atoms with Crippen LogP contribution in [0.2, 0.25) is 0 Å². The number of hydrogen-bond donors (Lipinski definition) is 2. The van der Waals surface area contributed by atoms with Crippen molar-refractivity contribution in [3.63, 3.8) is 0 Å². The lowest BCUT2D eigenvalue weighted by molar-refractivity contribution is 0.0993. The van der Waals surface area contributed by atoms with Gasteiger partial charge in [-0.2, -0.15) is 0 Å². The summed E-state index contributed by atoms with van der Waals surface area (Å²) in [6.45, 7) is 4.08. The van der Waals surface area contributed by atoms with Crippen LogP contribution in [0.1, 0.15) is 37.4 Å². The van der Waals surface area contributed by atoms with Gasteiger partial charge in [0.05, 0.1) is 12.1 Å². The number of rotatable bonds is 0. The summed E-state index contributed by atoms with van der Waals surface area (Å²) < 4.78 is 13.1. The van der Waals surface area contributed by atoms with Crippen LogP contribution in [-0.2, 0) is 5.41 Å². The molecule has 0 saturated heterocycles. The largest absolute Gasteiger partial charge is 0.391 e. The van der Waals surface area contributed by atoms with Crippen molar-refractivity contribution in [2.45, 2.75) is 37.8 Å². The van der Waals surface area contributed by atoms with E-state index >= 15 is 0 Å². The molecule has 1 aromatic rings. The van der Waals surface area contributed by atoms with Crippen molar-refractivity contribution in [2.75, 3.05) is 0 Å². The average Bonchev–Trinajstić information content (AvgIpc) is 2.13. The molecule has 0 aliphatic heterocycles. The zero-order valence-corrected chi connectivity index (χ0v) is 9.00. The highest BCUT2D eigenvalue weighted by molar-refractivity contribution is 5.39. The van der Waals surface area contributed by atoms with Gasteiger partial charge in [0.1, 0.15) is 5.82 Å². The van der Waals surface area contributed by atoms with Gasteiger partial charge in [0.25, 0.3) is 0 Å². The van der Waals surface area contributed by atoms with Crippen LogP contribution >= 0.6 is 0 Å². The second-order valence-electron chi connectivity index (χ2n) is 4.91.